The van der Waals surface area contributed by atoms with Gasteiger partial charge in [-0.25, -0.2) is 9.78 Å². The molecular formula is C10H10F3N3O4S. The van der Waals surface area contributed by atoms with Crippen LogP contribution in [-0.4, -0.2) is 40.8 Å². The van der Waals surface area contributed by atoms with Crippen molar-refractivity contribution in [3.63, 3.8) is 0 Å². The van der Waals surface area contributed by atoms with Crippen molar-refractivity contribution in [2.75, 3.05) is 24.7 Å². The molecule has 1 rings (SSSR count). The second kappa shape index (κ2) is 7.11. The molecule has 0 aliphatic heterocycles. The molecule has 0 aliphatic rings. The van der Waals surface area contributed by atoms with E-state index in [1.165, 1.54) is 0 Å². The zero-order valence-electron chi connectivity index (χ0n) is 10.6. The third-order valence-electron chi connectivity index (χ3n) is 2.13. The first-order chi connectivity index (χ1) is 9.74. The van der Waals surface area contributed by atoms with Crippen LogP contribution in [0.25, 0.3) is 0 Å². The Morgan fingerprint density at radius 1 is 1.52 bits per heavy atom. The summed E-state index contributed by atoms with van der Waals surface area (Å²) in [5.41, 5.74) is -5.01. The molecule has 0 saturated heterocycles. The van der Waals surface area contributed by atoms with Crippen LogP contribution in [0.2, 0.25) is 0 Å². The van der Waals surface area contributed by atoms with Crippen LogP contribution in [0.5, 0.6) is 0 Å². The largest absolute Gasteiger partial charge is 0.464 e. The molecule has 0 aliphatic carbocycles. The number of carbonyl (C=O) groups is 1. The van der Waals surface area contributed by atoms with Crippen LogP contribution in [-0.2, 0) is 4.74 Å². The molecule has 1 N–H and O–H groups in total. The first-order valence-corrected chi connectivity index (χ1v) is 6.41. The highest BCUT2D eigenvalue weighted by Gasteiger charge is 2.27. The first kappa shape index (κ1) is 17.0. The number of thioether (sulfide) groups is 1. The van der Waals surface area contributed by atoms with Crippen LogP contribution in [0.1, 0.15) is 10.5 Å². The molecule has 11 heteroatoms. The van der Waals surface area contributed by atoms with Crippen molar-refractivity contribution in [2.45, 2.75) is 5.51 Å². The molecular weight excluding hydrogens is 315 g/mol. The number of pyridine rings is 1. The van der Waals surface area contributed by atoms with Gasteiger partial charge in [-0.05, 0) is 17.8 Å². The number of hydrogen-bond donors (Lipinski definition) is 1. The van der Waals surface area contributed by atoms with Crippen LogP contribution in [0, 0.1) is 10.1 Å². The van der Waals surface area contributed by atoms with Crippen molar-refractivity contribution in [2.24, 2.45) is 0 Å². The van der Waals surface area contributed by atoms with E-state index in [0.717, 1.165) is 19.2 Å². The maximum Gasteiger partial charge on any atom is 0.441 e. The fourth-order valence-corrected chi connectivity index (χ4v) is 1.72. The van der Waals surface area contributed by atoms with E-state index < -0.39 is 22.1 Å². The Bertz CT molecular complexity index is 539. The molecule has 0 atom stereocenters. The van der Waals surface area contributed by atoms with Gasteiger partial charge in [-0.15, -0.1) is 0 Å². The van der Waals surface area contributed by atoms with E-state index in [1.807, 2.05) is 0 Å². The summed E-state index contributed by atoms with van der Waals surface area (Å²) in [5, 5.41) is 13.2. The van der Waals surface area contributed by atoms with E-state index >= 15 is 0 Å². The zero-order chi connectivity index (χ0) is 16.0. The van der Waals surface area contributed by atoms with E-state index in [-0.39, 0.29) is 35.6 Å². The molecule has 0 aromatic carbocycles. The van der Waals surface area contributed by atoms with Crippen LogP contribution >= 0.6 is 11.8 Å². The SMILES string of the molecule is COC(=O)c1ccc([N+](=O)[O-])c(NCCSC(F)(F)F)n1. The normalized spacial score (nSPS) is 11.0. The molecule has 0 fully saturated rings. The number of anilines is 1. The highest BCUT2D eigenvalue weighted by Crippen LogP contribution is 2.30. The average molecular weight is 325 g/mol. The van der Waals surface area contributed by atoms with Crippen LogP contribution in [0.3, 0.4) is 0 Å². The van der Waals surface area contributed by atoms with Crippen molar-refractivity contribution in [3.05, 3.63) is 27.9 Å². The summed E-state index contributed by atoms with van der Waals surface area (Å²) in [6.07, 6.45) is 0. The molecule has 116 valence electrons. The highest BCUT2D eigenvalue weighted by atomic mass is 32.2. The highest BCUT2D eigenvalue weighted by molar-refractivity contribution is 8.00. The minimum Gasteiger partial charge on any atom is -0.464 e. The standard InChI is InChI=1S/C10H10F3N3O4S/c1-20-9(17)6-2-3-7(16(18)19)8(15-6)14-4-5-21-10(11,12)13/h2-3H,4-5H2,1H3,(H,14,15). The molecule has 0 amide bonds. The molecule has 0 unspecified atom stereocenters. The molecule has 0 spiro atoms. The molecule has 0 saturated carbocycles. The lowest BCUT2D eigenvalue weighted by Crippen LogP contribution is -2.13. The third-order valence-corrected chi connectivity index (χ3v) is 2.86. The maximum atomic E-state index is 12.0. The molecule has 7 nitrogen and oxygen atoms in total. The number of hydrogen-bond acceptors (Lipinski definition) is 7. The predicted octanol–water partition coefficient (Wildman–Crippen LogP) is 2.44. The lowest BCUT2D eigenvalue weighted by Gasteiger charge is -2.08. The number of methoxy groups -OCH3 is 1. The Kier molecular flexibility index (Phi) is 5.76. The molecule has 1 heterocycles. The summed E-state index contributed by atoms with van der Waals surface area (Å²) >= 11 is -0.270. The number of halogens is 3. The monoisotopic (exact) mass is 325 g/mol. The second-order valence-electron chi connectivity index (χ2n) is 3.53. The number of carbonyl (C=O) groups excluding carboxylic acids is 1. The third kappa shape index (κ3) is 5.45. The van der Waals surface area contributed by atoms with E-state index in [1.54, 1.807) is 0 Å². The minimum absolute atomic E-state index is 0.186. The summed E-state index contributed by atoms with van der Waals surface area (Å²) in [6.45, 7) is -0.206. The number of nitrogens with zero attached hydrogens (tertiary/aromatic N) is 2. The van der Waals surface area contributed by atoms with Crippen molar-refractivity contribution in [1.29, 1.82) is 0 Å². The van der Waals surface area contributed by atoms with Crippen LogP contribution in [0.15, 0.2) is 12.1 Å². The zero-order valence-corrected chi connectivity index (χ0v) is 11.5. The van der Waals surface area contributed by atoms with Crippen LogP contribution < -0.4 is 5.32 Å². The number of alkyl halides is 3. The molecule has 0 radical (unpaired) electrons. The smallest absolute Gasteiger partial charge is 0.441 e. The van der Waals surface area contributed by atoms with E-state index in [9.17, 15) is 28.1 Å². The number of aromatic nitrogens is 1. The van der Waals surface area contributed by atoms with Gasteiger partial charge in [-0.1, -0.05) is 0 Å². The molecule has 0 bridgehead atoms. The molecule has 1 aromatic rings. The van der Waals surface area contributed by atoms with Crippen molar-refractivity contribution in [3.8, 4) is 0 Å². The topological polar surface area (TPSA) is 94.4 Å². The summed E-state index contributed by atoms with van der Waals surface area (Å²) in [7, 11) is 1.11. The van der Waals surface area contributed by atoms with Gasteiger partial charge < -0.3 is 10.1 Å². The Labute approximate surface area is 121 Å². The minimum atomic E-state index is -4.38. The Hall–Kier alpha value is -2.04. The van der Waals surface area contributed by atoms with Gasteiger partial charge in [0, 0.05) is 18.4 Å². The van der Waals surface area contributed by atoms with Crippen molar-refractivity contribution < 1.29 is 27.6 Å². The van der Waals surface area contributed by atoms with E-state index in [2.05, 4.69) is 15.0 Å². The van der Waals surface area contributed by atoms with E-state index in [4.69, 9.17) is 0 Å². The van der Waals surface area contributed by atoms with Crippen molar-refractivity contribution >= 4 is 29.2 Å². The van der Waals surface area contributed by atoms with Gasteiger partial charge in [-0.2, -0.15) is 13.2 Å². The summed E-state index contributed by atoms with van der Waals surface area (Å²) in [4.78, 5) is 25.0. The van der Waals surface area contributed by atoms with Crippen LogP contribution in [0.4, 0.5) is 24.7 Å². The lowest BCUT2D eigenvalue weighted by molar-refractivity contribution is -0.384. The van der Waals surface area contributed by atoms with Gasteiger partial charge in [0.05, 0.1) is 12.0 Å². The summed E-state index contributed by atoms with van der Waals surface area (Å²) in [5.74, 6) is -1.45. The maximum absolute atomic E-state index is 12.0. The number of nitrogens with one attached hydrogen (secondary N) is 1. The fourth-order valence-electron chi connectivity index (χ4n) is 1.28. The second-order valence-corrected chi connectivity index (χ2v) is 4.69. The lowest BCUT2D eigenvalue weighted by atomic mass is 10.3. The number of rotatable bonds is 6. The van der Waals surface area contributed by atoms with Crippen molar-refractivity contribution in [1.82, 2.24) is 4.98 Å². The number of ether oxygens (including phenoxy) is 1. The van der Waals surface area contributed by atoms with Gasteiger partial charge in [0.1, 0.15) is 0 Å². The predicted molar refractivity (Wildman–Crippen MR) is 69.2 cm³/mol. The van der Waals surface area contributed by atoms with Gasteiger partial charge >= 0.3 is 17.2 Å². The van der Waals surface area contributed by atoms with Gasteiger partial charge in [0.2, 0.25) is 5.82 Å². The summed E-state index contributed by atoms with van der Waals surface area (Å²) < 4.78 is 40.3. The fraction of sp³-hybridized carbons (Fsp3) is 0.400. The molecule has 1 aromatic heterocycles. The average Bonchev–Trinajstić information content (AvgIpc) is 2.41. The van der Waals surface area contributed by atoms with Gasteiger partial charge in [-0.3, -0.25) is 10.1 Å². The Balaban J connectivity index is 2.82. The quantitative estimate of drug-likeness (QED) is 0.371. The molecule has 21 heavy (non-hydrogen) atoms. The number of nitro groups is 1. The van der Waals surface area contributed by atoms with Gasteiger partial charge in [0.15, 0.2) is 5.69 Å². The first-order valence-electron chi connectivity index (χ1n) is 5.43. The van der Waals surface area contributed by atoms with Gasteiger partial charge in [0.25, 0.3) is 0 Å². The Morgan fingerprint density at radius 3 is 2.71 bits per heavy atom. The Morgan fingerprint density at radius 2 is 2.19 bits per heavy atom. The number of esters is 1. The van der Waals surface area contributed by atoms with E-state index in [0.29, 0.717) is 0 Å². The summed E-state index contributed by atoms with van der Waals surface area (Å²) in [6, 6.07) is 2.12.